The molecule has 35 heavy (non-hydrogen) atoms. The van der Waals surface area contributed by atoms with Crippen LogP contribution in [0.5, 0.6) is 11.5 Å². The Bertz CT molecular complexity index is 1590. The third kappa shape index (κ3) is 4.29. The molecule has 0 unspecified atom stereocenters. The molecule has 1 heterocycles. The van der Waals surface area contributed by atoms with Crippen molar-refractivity contribution in [3.63, 3.8) is 0 Å². The van der Waals surface area contributed by atoms with Crippen LogP contribution in [-0.4, -0.2) is 25.5 Å². The van der Waals surface area contributed by atoms with E-state index in [9.17, 15) is 30.4 Å². The van der Waals surface area contributed by atoms with Gasteiger partial charge in [-0.3, -0.25) is 0 Å². The molecule has 0 saturated carbocycles. The summed E-state index contributed by atoms with van der Waals surface area (Å²) in [6.45, 7) is 1.85. The van der Waals surface area contributed by atoms with E-state index in [4.69, 9.17) is 4.74 Å². The summed E-state index contributed by atoms with van der Waals surface area (Å²) in [5.74, 6) is -13.5. The Balaban J connectivity index is 1.82. The first-order chi connectivity index (χ1) is 16.5. The number of hydrogen-bond acceptors (Lipinski definition) is 6. The van der Waals surface area contributed by atoms with Gasteiger partial charge in [-0.2, -0.15) is 17.2 Å². The van der Waals surface area contributed by atoms with Crippen LogP contribution < -0.4 is 8.92 Å². The number of rotatable bonds is 5. The predicted molar refractivity (Wildman–Crippen MR) is 118 cm³/mol. The van der Waals surface area contributed by atoms with Crippen molar-refractivity contribution >= 4 is 37.0 Å². The van der Waals surface area contributed by atoms with Crippen molar-refractivity contribution in [1.82, 2.24) is 9.97 Å². The SMILES string of the molecule is COc1cc(Br)c(C)cc1-c1ncnc2cc(S(=O)(=O)Oc3c(F)c(F)c(F)c(F)c3F)ccc12. The Morgan fingerprint density at radius 2 is 1.51 bits per heavy atom. The summed E-state index contributed by atoms with van der Waals surface area (Å²) >= 11 is 3.41. The maximum absolute atomic E-state index is 13.9. The number of hydrogen-bond donors (Lipinski definition) is 0. The minimum Gasteiger partial charge on any atom is -0.496 e. The lowest BCUT2D eigenvalue weighted by Crippen LogP contribution is -2.14. The van der Waals surface area contributed by atoms with E-state index in [2.05, 4.69) is 30.1 Å². The van der Waals surface area contributed by atoms with Gasteiger partial charge >= 0.3 is 10.1 Å². The van der Waals surface area contributed by atoms with E-state index in [0.29, 0.717) is 22.4 Å². The van der Waals surface area contributed by atoms with Crippen LogP contribution in [0.25, 0.3) is 22.2 Å². The standard InChI is InChI=1S/C22H12BrF5N2O4S/c1-9-5-12(15(33-2)7-13(9)23)21-11-4-3-10(6-14(11)29-8-30-21)35(31,32)34-22-19(27)17(25)16(24)18(26)20(22)28/h3-8H,1-2H3. The van der Waals surface area contributed by atoms with Gasteiger partial charge in [0, 0.05) is 15.4 Å². The molecule has 0 N–H and O–H groups in total. The molecule has 0 fully saturated rings. The molecule has 0 saturated heterocycles. The third-order valence-electron chi connectivity index (χ3n) is 5.00. The summed E-state index contributed by atoms with van der Waals surface area (Å²) < 4.78 is 104. The normalized spacial score (nSPS) is 11.7. The molecule has 0 aliphatic heterocycles. The second kappa shape index (κ2) is 9.04. The molecule has 6 nitrogen and oxygen atoms in total. The molecule has 0 amide bonds. The first-order valence-electron chi connectivity index (χ1n) is 9.51. The number of benzene rings is 3. The van der Waals surface area contributed by atoms with Crippen LogP contribution in [0.2, 0.25) is 0 Å². The molecule has 182 valence electrons. The molecule has 4 aromatic rings. The Labute approximate surface area is 203 Å². The van der Waals surface area contributed by atoms with Crippen LogP contribution in [0.3, 0.4) is 0 Å². The molecule has 3 aromatic carbocycles. The van der Waals surface area contributed by atoms with Crippen molar-refractivity contribution < 1.29 is 39.3 Å². The fraction of sp³-hybridized carbons (Fsp3) is 0.0909. The van der Waals surface area contributed by atoms with Gasteiger partial charge in [0.15, 0.2) is 0 Å². The van der Waals surface area contributed by atoms with Crippen LogP contribution in [0, 0.1) is 36.0 Å². The van der Waals surface area contributed by atoms with Gasteiger partial charge in [-0.05, 0) is 42.8 Å². The highest BCUT2D eigenvalue weighted by atomic mass is 79.9. The van der Waals surface area contributed by atoms with Gasteiger partial charge in [-0.1, -0.05) is 15.9 Å². The lowest BCUT2D eigenvalue weighted by molar-refractivity contribution is 0.346. The molecule has 0 radical (unpaired) electrons. The molecular weight excluding hydrogens is 563 g/mol. The van der Waals surface area contributed by atoms with E-state index in [1.54, 1.807) is 12.1 Å². The summed E-state index contributed by atoms with van der Waals surface area (Å²) in [5, 5.41) is 0.391. The number of nitrogens with zero attached hydrogens (tertiary/aromatic N) is 2. The second-order valence-corrected chi connectivity index (χ2v) is 9.54. The molecule has 0 bridgehead atoms. The molecule has 0 aliphatic rings. The fourth-order valence-corrected chi connectivity index (χ4v) is 4.51. The van der Waals surface area contributed by atoms with E-state index in [-0.39, 0.29) is 5.52 Å². The number of halogens is 6. The zero-order valence-electron chi connectivity index (χ0n) is 17.7. The van der Waals surface area contributed by atoms with Crippen molar-refractivity contribution in [2.45, 2.75) is 11.8 Å². The van der Waals surface area contributed by atoms with Gasteiger partial charge in [0.1, 0.15) is 17.0 Å². The molecular formula is C22H12BrF5N2O4S. The minimum absolute atomic E-state index is 0.0970. The van der Waals surface area contributed by atoms with Crippen LogP contribution >= 0.6 is 15.9 Å². The Kier molecular flexibility index (Phi) is 6.40. The summed E-state index contributed by atoms with van der Waals surface area (Å²) in [6.07, 6.45) is 1.16. The van der Waals surface area contributed by atoms with Crippen LogP contribution in [0.15, 0.2) is 46.0 Å². The van der Waals surface area contributed by atoms with Crippen LogP contribution in [0.4, 0.5) is 22.0 Å². The van der Waals surface area contributed by atoms with E-state index >= 15 is 0 Å². The Morgan fingerprint density at radius 1 is 0.886 bits per heavy atom. The predicted octanol–water partition coefficient (Wildman–Crippen LogP) is 5.84. The topological polar surface area (TPSA) is 78.4 Å². The maximum Gasteiger partial charge on any atom is 0.339 e. The molecule has 1 aromatic heterocycles. The van der Waals surface area contributed by atoms with Gasteiger partial charge in [0.05, 0.1) is 18.3 Å². The molecule has 0 atom stereocenters. The average molecular weight is 575 g/mol. The number of aryl methyl sites for hydroxylation is 1. The van der Waals surface area contributed by atoms with Crippen LogP contribution in [-0.2, 0) is 10.1 Å². The van der Waals surface area contributed by atoms with Gasteiger partial charge in [0.2, 0.25) is 34.8 Å². The summed E-state index contributed by atoms with van der Waals surface area (Å²) in [5.41, 5.74) is 1.93. The largest absolute Gasteiger partial charge is 0.496 e. The molecule has 13 heteroatoms. The number of ether oxygens (including phenoxy) is 1. The maximum atomic E-state index is 13.9. The van der Waals surface area contributed by atoms with Crippen molar-refractivity contribution in [1.29, 1.82) is 0 Å². The van der Waals surface area contributed by atoms with Gasteiger partial charge < -0.3 is 8.92 Å². The van der Waals surface area contributed by atoms with Crippen molar-refractivity contribution in [2.75, 3.05) is 7.11 Å². The van der Waals surface area contributed by atoms with Gasteiger partial charge in [-0.25, -0.2) is 23.1 Å². The third-order valence-corrected chi connectivity index (χ3v) is 7.07. The first kappa shape index (κ1) is 24.8. The molecule has 0 aliphatic carbocycles. The second-order valence-electron chi connectivity index (χ2n) is 7.14. The summed E-state index contributed by atoms with van der Waals surface area (Å²) in [6, 6.07) is 6.88. The first-order valence-corrected chi connectivity index (χ1v) is 11.7. The van der Waals surface area contributed by atoms with Crippen molar-refractivity contribution in [2.24, 2.45) is 0 Å². The highest BCUT2D eigenvalue weighted by Gasteiger charge is 2.31. The Hall–Kier alpha value is -3.32. The van der Waals surface area contributed by atoms with Crippen molar-refractivity contribution in [3.05, 3.63) is 75.8 Å². The summed E-state index contributed by atoms with van der Waals surface area (Å²) in [7, 11) is -3.56. The fourth-order valence-electron chi connectivity index (χ4n) is 3.24. The zero-order valence-corrected chi connectivity index (χ0v) is 20.1. The van der Waals surface area contributed by atoms with Gasteiger partial charge in [-0.15, -0.1) is 0 Å². The van der Waals surface area contributed by atoms with E-state index in [1.807, 2.05) is 6.92 Å². The molecule has 0 spiro atoms. The van der Waals surface area contributed by atoms with Crippen LogP contribution in [0.1, 0.15) is 5.56 Å². The smallest absolute Gasteiger partial charge is 0.339 e. The highest BCUT2D eigenvalue weighted by Crippen LogP contribution is 2.37. The van der Waals surface area contributed by atoms with E-state index in [1.165, 1.54) is 13.2 Å². The summed E-state index contributed by atoms with van der Waals surface area (Å²) in [4.78, 5) is 7.64. The highest BCUT2D eigenvalue weighted by molar-refractivity contribution is 9.10. The number of aromatic nitrogens is 2. The monoisotopic (exact) mass is 574 g/mol. The zero-order chi connectivity index (χ0) is 25.7. The molecule has 4 rings (SSSR count). The minimum atomic E-state index is -5.03. The number of fused-ring (bicyclic) bond motifs is 1. The van der Waals surface area contributed by atoms with E-state index < -0.39 is 49.8 Å². The lowest BCUT2D eigenvalue weighted by Gasteiger charge is -2.13. The average Bonchev–Trinajstić information content (AvgIpc) is 2.84. The van der Waals surface area contributed by atoms with Crippen molar-refractivity contribution in [3.8, 4) is 22.8 Å². The lowest BCUT2D eigenvalue weighted by atomic mass is 10.0. The quantitative estimate of drug-likeness (QED) is 0.129. The van der Waals surface area contributed by atoms with Gasteiger partial charge in [0.25, 0.3) is 0 Å². The Morgan fingerprint density at radius 3 is 2.14 bits per heavy atom. The van der Waals surface area contributed by atoms with E-state index in [0.717, 1.165) is 28.5 Å². The number of methoxy groups -OCH3 is 1.